The highest BCUT2D eigenvalue weighted by atomic mass is 32.2. The maximum absolute atomic E-state index is 13.1. The Morgan fingerprint density at radius 1 is 1.12 bits per heavy atom. The van der Waals surface area contributed by atoms with Crippen molar-refractivity contribution in [3.63, 3.8) is 0 Å². The van der Waals surface area contributed by atoms with Gasteiger partial charge in [0.25, 0.3) is 5.91 Å². The number of benzene rings is 2. The molecule has 9 nitrogen and oxygen atoms in total. The fourth-order valence-corrected chi connectivity index (χ4v) is 6.02. The third-order valence-corrected chi connectivity index (χ3v) is 8.10. The van der Waals surface area contributed by atoms with Gasteiger partial charge >= 0.3 is 5.97 Å². The van der Waals surface area contributed by atoms with Crippen molar-refractivity contribution < 1.29 is 27.5 Å². The van der Waals surface area contributed by atoms with Crippen LogP contribution in [-0.4, -0.2) is 55.7 Å². The fraction of sp³-hybridized carbons (Fsp3) is 0.375. The molecule has 0 bridgehead atoms. The van der Waals surface area contributed by atoms with Gasteiger partial charge in [-0.25, -0.2) is 13.2 Å². The molecule has 0 aromatic heterocycles. The number of amides is 2. The Kier molecular flexibility index (Phi) is 6.72. The van der Waals surface area contributed by atoms with Crippen LogP contribution < -0.4 is 10.2 Å². The van der Waals surface area contributed by atoms with Crippen LogP contribution in [0.15, 0.2) is 53.4 Å². The highest BCUT2D eigenvalue weighted by Crippen LogP contribution is 2.30. The van der Waals surface area contributed by atoms with Gasteiger partial charge in [0.15, 0.2) is 6.10 Å². The van der Waals surface area contributed by atoms with Gasteiger partial charge in [-0.15, -0.1) is 0 Å². The lowest BCUT2D eigenvalue weighted by atomic mass is 10.1. The summed E-state index contributed by atoms with van der Waals surface area (Å²) in [6, 6.07) is 12.4. The Hall–Kier alpha value is -3.24. The van der Waals surface area contributed by atoms with Crippen LogP contribution in [0.4, 0.5) is 11.4 Å². The van der Waals surface area contributed by atoms with E-state index in [9.17, 15) is 22.8 Å². The van der Waals surface area contributed by atoms with Gasteiger partial charge in [-0.3, -0.25) is 14.5 Å². The molecule has 0 aliphatic carbocycles. The van der Waals surface area contributed by atoms with Crippen molar-refractivity contribution in [1.29, 1.82) is 0 Å². The molecule has 2 heterocycles. The van der Waals surface area contributed by atoms with Crippen molar-refractivity contribution in [2.45, 2.75) is 50.2 Å². The maximum Gasteiger partial charge on any atom is 0.338 e. The first-order chi connectivity index (χ1) is 16.2. The van der Waals surface area contributed by atoms with E-state index in [-0.39, 0.29) is 29.0 Å². The van der Waals surface area contributed by atoms with Crippen LogP contribution in [0.5, 0.6) is 0 Å². The molecule has 0 radical (unpaired) electrons. The number of piperidine rings is 1. The average molecular weight is 486 g/mol. The van der Waals surface area contributed by atoms with Crippen LogP contribution >= 0.6 is 0 Å². The molecular weight excluding hydrogens is 458 g/mol. The Morgan fingerprint density at radius 3 is 2.65 bits per heavy atom. The van der Waals surface area contributed by atoms with Crippen LogP contribution in [0.2, 0.25) is 0 Å². The number of hydrogen-bond acceptors (Lipinski definition) is 6. The van der Waals surface area contributed by atoms with Gasteiger partial charge in [0.1, 0.15) is 6.54 Å². The number of esters is 1. The smallest absolute Gasteiger partial charge is 0.338 e. The number of rotatable bonds is 5. The van der Waals surface area contributed by atoms with Gasteiger partial charge in [0.05, 0.1) is 21.8 Å². The van der Waals surface area contributed by atoms with E-state index in [0.29, 0.717) is 17.9 Å². The third-order valence-electron chi connectivity index (χ3n) is 6.09. The zero-order valence-corrected chi connectivity index (χ0v) is 19.9. The molecule has 2 atom stereocenters. The minimum absolute atomic E-state index is 0.0105. The zero-order valence-electron chi connectivity index (χ0n) is 19.1. The van der Waals surface area contributed by atoms with Gasteiger partial charge in [-0.1, -0.05) is 24.6 Å². The van der Waals surface area contributed by atoms with Crippen molar-refractivity contribution in [2.75, 3.05) is 23.3 Å². The van der Waals surface area contributed by atoms with E-state index < -0.39 is 28.0 Å². The molecule has 2 aromatic carbocycles. The Bertz CT molecular complexity index is 1230. The fourth-order valence-electron chi connectivity index (χ4n) is 4.28. The highest BCUT2D eigenvalue weighted by molar-refractivity contribution is 7.89. The second kappa shape index (κ2) is 9.55. The molecule has 2 aliphatic heterocycles. The third kappa shape index (κ3) is 4.69. The second-order valence-electron chi connectivity index (χ2n) is 8.53. The lowest BCUT2D eigenvalue weighted by Gasteiger charge is -2.32. The van der Waals surface area contributed by atoms with E-state index in [2.05, 4.69) is 5.32 Å². The summed E-state index contributed by atoms with van der Waals surface area (Å²) >= 11 is 0. The summed E-state index contributed by atoms with van der Waals surface area (Å²) in [6.07, 6.45) is 1.38. The van der Waals surface area contributed by atoms with Crippen molar-refractivity contribution in [1.82, 2.24) is 4.31 Å². The molecule has 10 heteroatoms. The summed E-state index contributed by atoms with van der Waals surface area (Å²) in [7, 11) is -3.76. The van der Waals surface area contributed by atoms with Crippen molar-refractivity contribution >= 4 is 39.2 Å². The lowest BCUT2D eigenvalue weighted by molar-refractivity contribution is -0.128. The molecule has 34 heavy (non-hydrogen) atoms. The molecule has 0 saturated carbocycles. The number of fused-ring (bicyclic) bond motifs is 1. The van der Waals surface area contributed by atoms with E-state index in [1.165, 1.54) is 40.4 Å². The molecule has 2 amide bonds. The molecule has 1 N–H and O–H groups in total. The molecular formula is C24H27N3O6S. The Balaban J connectivity index is 1.50. The predicted molar refractivity (Wildman–Crippen MR) is 126 cm³/mol. The molecule has 1 fully saturated rings. The van der Waals surface area contributed by atoms with Crippen molar-refractivity contribution in [2.24, 2.45) is 0 Å². The first-order valence-electron chi connectivity index (χ1n) is 11.2. The van der Waals surface area contributed by atoms with E-state index >= 15 is 0 Å². The number of para-hydroxylation sites is 2. The average Bonchev–Trinajstić information content (AvgIpc) is 2.83. The number of sulfonamides is 1. The van der Waals surface area contributed by atoms with Crippen molar-refractivity contribution in [3.8, 4) is 0 Å². The normalized spacial score (nSPS) is 19.6. The summed E-state index contributed by atoms with van der Waals surface area (Å²) in [5.41, 5.74) is 1.04. The molecule has 2 aromatic rings. The predicted octanol–water partition coefficient (Wildman–Crippen LogP) is 2.78. The first kappa shape index (κ1) is 23.9. The van der Waals surface area contributed by atoms with Gasteiger partial charge < -0.3 is 10.1 Å². The number of hydrogen-bond donors (Lipinski definition) is 1. The van der Waals surface area contributed by atoms with Crippen molar-refractivity contribution in [3.05, 3.63) is 54.1 Å². The van der Waals surface area contributed by atoms with Crippen LogP contribution in [0.25, 0.3) is 0 Å². The quantitative estimate of drug-likeness (QED) is 0.652. The molecule has 0 spiro atoms. The summed E-state index contributed by atoms with van der Waals surface area (Å²) in [5.74, 6) is -1.73. The number of carbonyl (C=O) groups is 3. The molecule has 180 valence electrons. The number of nitrogens with zero attached hydrogens (tertiary/aromatic N) is 2. The Labute approximate surface area is 198 Å². The zero-order chi connectivity index (χ0) is 24.5. The monoisotopic (exact) mass is 485 g/mol. The summed E-state index contributed by atoms with van der Waals surface area (Å²) < 4.78 is 33.1. The van der Waals surface area contributed by atoms with Gasteiger partial charge in [-0.05, 0) is 57.0 Å². The number of ether oxygens (including phenoxy) is 1. The van der Waals surface area contributed by atoms with Gasteiger partial charge in [-0.2, -0.15) is 4.31 Å². The number of carbonyl (C=O) groups excluding carboxylic acids is 3. The molecule has 4 rings (SSSR count). The second-order valence-corrected chi connectivity index (χ2v) is 10.4. The number of anilines is 2. The lowest BCUT2D eigenvalue weighted by Crippen LogP contribution is -2.47. The minimum atomic E-state index is -3.76. The summed E-state index contributed by atoms with van der Waals surface area (Å²) in [4.78, 5) is 39.1. The number of nitrogens with one attached hydrogen (secondary N) is 1. The largest absolute Gasteiger partial charge is 0.449 e. The maximum atomic E-state index is 13.1. The van der Waals surface area contributed by atoms with Gasteiger partial charge in [0, 0.05) is 12.6 Å². The van der Waals surface area contributed by atoms with Gasteiger partial charge in [0.2, 0.25) is 15.9 Å². The van der Waals surface area contributed by atoms with E-state index in [0.717, 1.165) is 19.3 Å². The summed E-state index contributed by atoms with van der Waals surface area (Å²) in [5, 5.41) is 2.70. The van der Waals surface area contributed by atoms with Crippen LogP contribution in [0.3, 0.4) is 0 Å². The molecule has 2 unspecified atom stereocenters. The Morgan fingerprint density at radius 2 is 1.88 bits per heavy atom. The van der Waals surface area contributed by atoms with E-state index in [1.54, 1.807) is 24.3 Å². The summed E-state index contributed by atoms with van der Waals surface area (Å²) in [6.45, 7) is 3.54. The molecule has 2 aliphatic rings. The van der Waals surface area contributed by atoms with E-state index in [1.807, 2.05) is 6.92 Å². The van der Waals surface area contributed by atoms with Crippen LogP contribution in [-0.2, 0) is 24.3 Å². The molecule has 1 saturated heterocycles. The standard InChI is InChI=1S/C24H27N3O6S/c1-16-8-5-6-13-27(16)34(31,32)19-10-7-9-18(14-19)24(30)33-17(2)23(29)26-15-22(28)25-20-11-3-4-12-21(20)26/h3-4,7,9-12,14,16-17H,5-6,8,13,15H2,1-2H3,(H,25,28). The topological polar surface area (TPSA) is 113 Å². The van der Waals surface area contributed by atoms with Crippen LogP contribution in [0, 0.1) is 0 Å². The SMILES string of the molecule is CC(OC(=O)c1cccc(S(=O)(=O)N2CCCCC2C)c1)C(=O)N1CC(=O)Nc2ccccc21. The van der Waals surface area contributed by atoms with E-state index in [4.69, 9.17) is 4.74 Å². The van der Waals surface area contributed by atoms with Crippen LogP contribution in [0.1, 0.15) is 43.5 Å². The highest BCUT2D eigenvalue weighted by Gasteiger charge is 2.33. The minimum Gasteiger partial charge on any atom is -0.449 e. The first-order valence-corrected chi connectivity index (χ1v) is 12.7.